The molecule has 9 aromatic carbocycles. The van der Waals surface area contributed by atoms with Gasteiger partial charge in [-0.1, -0.05) is 207 Å². The molecule has 9 aromatic rings. The quantitative estimate of drug-likeness (QED) is 0.140. The molecule has 0 aliphatic heterocycles. The first-order chi connectivity index (χ1) is 31.3. The smallest absolute Gasteiger partial charge is 0.0714 e. The first-order valence-corrected chi connectivity index (χ1v) is 22.8. The Balaban J connectivity index is 1.12. The molecular formula is C62H49N. The predicted octanol–water partition coefficient (Wildman–Crippen LogP) is 16.4. The summed E-state index contributed by atoms with van der Waals surface area (Å²) in [4.78, 5) is 2.53. The Labute approximate surface area is 372 Å². The number of para-hydroxylation sites is 1. The van der Waals surface area contributed by atoms with Crippen LogP contribution in [0.15, 0.2) is 231 Å². The summed E-state index contributed by atoms with van der Waals surface area (Å²) in [5, 5.41) is 0. The molecule has 0 spiro atoms. The van der Waals surface area contributed by atoms with Crippen LogP contribution in [0.5, 0.6) is 0 Å². The van der Waals surface area contributed by atoms with Crippen LogP contribution < -0.4 is 4.90 Å². The summed E-state index contributed by atoms with van der Waals surface area (Å²) in [5.74, 6) is 2.40. The number of benzene rings is 9. The lowest BCUT2D eigenvalue weighted by atomic mass is 9.67. The summed E-state index contributed by atoms with van der Waals surface area (Å²) in [7, 11) is 0. The van der Waals surface area contributed by atoms with Crippen molar-refractivity contribution in [3.63, 3.8) is 0 Å². The Kier molecular flexibility index (Phi) is 9.29. The van der Waals surface area contributed by atoms with Gasteiger partial charge in [0, 0.05) is 16.9 Å². The highest BCUT2D eigenvalue weighted by atomic mass is 15.1. The van der Waals surface area contributed by atoms with Crippen LogP contribution in [0.25, 0.3) is 44.5 Å². The van der Waals surface area contributed by atoms with Crippen molar-refractivity contribution in [3.05, 3.63) is 258 Å². The van der Waals surface area contributed by atoms with E-state index < -0.39 is 5.41 Å². The zero-order valence-corrected chi connectivity index (χ0v) is 35.4. The van der Waals surface area contributed by atoms with Crippen molar-refractivity contribution < 1.29 is 0 Å². The summed E-state index contributed by atoms with van der Waals surface area (Å²) >= 11 is 0. The molecule has 2 bridgehead atoms. The third-order valence-electron chi connectivity index (χ3n) is 14.7. The lowest BCUT2D eigenvalue weighted by Gasteiger charge is -2.35. The normalized spacial score (nSPS) is 17.9. The van der Waals surface area contributed by atoms with Gasteiger partial charge in [0.05, 0.1) is 11.1 Å². The lowest BCUT2D eigenvalue weighted by molar-refractivity contribution is 0.420. The number of hydrogen-bond donors (Lipinski definition) is 0. The summed E-state index contributed by atoms with van der Waals surface area (Å²) < 4.78 is 0. The Morgan fingerprint density at radius 3 is 1.57 bits per heavy atom. The molecule has 0 aromatic heterocycles. The highest BCUT2D eigenvalue weighted by Gasteiger charge is 2.47. The van der Waals surface area contributed by atoms with Gasteiger partial charge in [0.2, 0.25) is 0 Å². The van der Waals surface area contributed by atoms with Crippen molar-refractivity contribution >= 4 is 17.1 Å². The highest BCUT2D eigenvalue weighted by Crippen LogP contribution is 2.60. The molecule has 0 amide bonds. The van der Waals surface area contributed by atoms with Gasteiger partial charge in [-0.2, -0.15) is 0 Å². The Bertz CT molecular complexity index is 3020. The highest BCUT2D eigenvalue weighted by molar-refractivity contribution is 5.98. The van der Waals surface area contributed by atoms with E-state index in [4.69, 9.17) is 0 Å². The van der Waals surface area contributed by atoms with Crippen molar-refractivity contribution in [3.8, 4) is 44.5 Å². The molecule has 2 fully saturated rings. The van der Waals surface area contributed by atoms with Gasteiger partial charge < -0.3 is 4.90 Å². The lowest BCUT2D eigenvalue weighted by Crippen LogP contribution is -2.28. The molecule has 1 nitrogen and oxygen atoms in total. The zero-order valence-electron chi connectivity index (χ0n) is 35.4. The zero-order chi connectivity index (χ0) is 41.7. The van der Waals surface area contributed by atoms with Crippen molar-refractivity contribution in [2.45, 2.75) is 37.0 Å². The summed E-state index contributed by atoms with van der Waals surface area (Å²) in [6.07, 6.45) is 5.54. The maximum absolute atomic E-state index is 2.53. The standard InChI is InChI=1S/C62H49N/c1-5-18-44(19-6-1)52-26-13-14-27-54(52)55-28-15-16-31-60(55)63(50-36-34-46(35-37-50)57-41-43-32-33-47(57)40-43)51-38-39-56-59(42-51)62(48-22-9-3-10-23-48,49-24-11-4-12-25-49)58-30-17-29-53(61(56)58)45-20-7-2-8-21-45/h1-31,34-39,42-43,47,57H,32-33,40-41H2. The van der Waals surface area contributed by atoms with Gasteiger partial charge in [0.1, 0.15) is 0 Å². The number of nitrogens with zero attached hydrogens (tertiary/aromatic N) is 1. The van der Waals surface area contributed by atoms with E-state index in [1.165, 1.54) is 98.0 Å². The molecule has 302 valence electrons. The minimum atomic E-state index is -0.565. The van der Waals surface area contributed by atoms with Gasteiger partial charge >= 0.3 is 0 Å². The second kappa shape index (κ2) is 15.6. The largest absolute Gasteiger partial charge is 0.310 e. The molecule has 3 unspecified atom stereocenters. The maximum Gasteiger partial charge on any atom is 0.0714 e. The van der Waals surface area contributed by atoms with Gasteiger partial charge in [-0.15, -0.1) is 0 Å². The van der Waals surface area contributed by atoms with E-state index in [0.717, 1.165) is 28.9 Å². The minimum absolute atomic E-state index is 0.565. The van der Waals surface area contributed by atoms with Crippen LogP contribution >= 0.6 is 0 Å². The summed E-state index contributed by atoms with van der Waals surface area (Å²) in [5.41, 5.74) is 19.4. The third-order valence-corrected chi connectivity index (χ3v) is 14.7. The maximum atomic E-state index is 2.53. The van der Waals surface area contributed by atoms with Crippen LogP contribution in [0.3, 0.4) is 0 Å². The van der Waals surface area contributed by atoms with Crippen LogP contribution in [0.1, 0.15) is 59.4 Å². The van der Waals surface area contributed by atoms with E-state index in [2.05, 4.69) is 235 Å². The van der Waals surface area contributed by atoms with Crippen molar-refractivity contribution in [2.75, 3.05) is 4.90 Å². The molecule has 0 saturated heterocycles. The van der Waals surface area contributed by atoms with Gasteiger partial charge in [0.25, 0.3) is 0 Å². The summed E-state index contributed by atoms with van der Waals surface area (Å²) in [6.45, 7) is 0. The first kappa shape index (κ1) is 37.5. The Morgan fingerprint density at radius 2 is 0.937 bits per heavy atom. The molecule has 12 rings (SSSR count). The van der Waals surface area contributed by atoms with E-state index in [-0.39, 0.29) is 0 Å². The van der Waals surface area contributed by atoms with Crippen LogP contribution in [0.2, 0.25) is 0 Å². The van der Waals surface area contributed by atoms with Gasteiger partial charge in [-0.25, -0.2) is 0 Å². The minimum Gasteiger partial charge on any atom is -0.310 e. The topological polar surface area (TPSA) is 3.24 Å². The SMILES string of the molecule is c1ccc(-c2ccccc2-c2ccccc2N(c2ccc(C3CC4CCC3C4)cc2)c2ccc3c(c2)C(c2ccccc2)(c2ccccc2)c2cccc(-c4ccccc4)c2-3)cc1. The molecular weight excluding hydrogens is 759 g/mol. The Morgan fingerprint density at radius 1 is 0.381 bits per heavy atom. The number of anilines is 3. The molecule has 0 heterocycles. The molecule has 3 aliphatic rings. The van der Waals surface area contributed by atoms with Gasteiger partial charge in [-0.3, -0.25) is 0 Å². The third kappa shape index (κ3) is 6.21. The molecule has 0 N–H and O–H groups in total. The number of hydrogen-bond acceptors (Lipinski definition) is 1. The molecule has 3 atom stereocenters. The van der Waals surface area contributed by atoms with Gasteiger partial charge in [-0.05, 0) is 134 Å². The van der Waals surface area contributed by atoms with Crippen LogP contribution in [-0.2, 0) is 5.41 Å². The van der Waals surface area contributed by atoms with Crippen molar-refractivity contribution in [1.82, 2.24) is 0 Å². The molecule has 0 radical (unpaired) electrons. The second-order valence-corrected chi connectivity index (χ2v) is 17.9. The average molecular weight is 808 g/mol. The fraction of sp³-hybridized carbons (Fsp3) is 0.129. The van der Waals surface area contributed by atoms with Crippen molar-refractivity contribution in [2.24, 2.45) is 11.8 Å². The van der Waals surface area contributed by atoms with Crippen LogP contribution in [-0.4, -0.2) is 0 Å². The number of rotatable bonds is 9. The van der Waals surface area contributed by atoms with Crippen LogP contribution in [0.4, 0.5) is 17.1 Å². The molecule has 3 aliphatic carbocycles. The summed E-state index contributed by atoms with van der Waals surface area (Å²) in [6, 6.07) is 86.0. The molecule has 2 saturated carbocycles. The predicted molar refractivity (Wildman–Crippen MR) is 263 cm³/mol. The first-order valence-electron chi connectivity index (χ1n) is 22.8. The average Bonchev–Trinajstić information content (AvgIpc) is 4.09. The van der Waals surface area contributed by atoms with E-state index in [9.17, 15) is 0 Å². The van der Waals surface area contributed by atoms with Gasteiger partial charge in [0.15, 0.2) is 0 Å². The van der Waals surface area contributed by atoms with E-state index in [1.54, 1.807) is 0 Å². The molecule has 1 heteroatoms. The second-order valence-electron chi connectivity index (χ2n) is 17.9. The Hall–Kier alpha value is -7.22. The van der Waals surface area contributed by atoms with Crippen LogP contribution in [0, 0.1) is 11.8 Å². The fourth-order valence-corrected chi connectivity index (χ4v) is 12.0. The van der Waals surface area contributed by atoms with Crippen molar-refractivity contribution in [1.29, 1.82) is 0 Å². The van der Waals surface area contributed by atoms with E-state index in [0.29, 0.717) is 5.92 Å². The molecule has 63 heavy (non-hydrogen) atoms. The fourth-order valence-electron chi connectivity index (χ4n) is 12.0. The van der Waals surface area contributed by atoms with E-state index >= 15 is 0 Å². The monoisotopic (exact) mass is 807 g/mol. The van der Waals surface area contributed by atoms with E-state index in [1.807, 2.05) is 0 Å². The number of fused-ring (bicyclic) bond motifs is 5.